The van der Waals surface area contributed by atoms with Crippen LogP contribution in [0.4, 0.5) is 17.1 Å². The lowest BCUT2D eigenvalue weighted by Crippen LogP contribution is -2.36. The third-order valence-electron chi connectivity index (χ3n) is 3.69. The lowest BCUT2D eigenvalue weighted by molar-refractivity contribution is 0.0986. The predicted octanol–water partition coefficient (Wildman–Crippen LogP) is 3.61. The van der Waals surface area contributed by atoms with Gasteiger partial charge in [0.2, 0.25) is 0 Å². The van der Waals surface area contributed by atoms with E-state index in [0.717, 1.165) is 23.6 Å². The first kappa shape index (κ1) is 14.9. The van der Waals surface area contributed by atoms with Crippen molar-refractivity contribution in [3.8, 4) is 0 Å². The Hall–Kier alpha value is -2.04. The molecule has 3 rings (SSSR count). The normalized spacial score (nSPS) is 13.5. The molecule has 5 heteroatoms. The fourth-order valence-corrected chi connectivity index (χ4v) is 2.72. The molecular formula is C17H18ClN3O. The second kappa shape index (κ2) is 5.99. The third kappa shape index (κ3) is 2.80. The first-order valence-corrected chi connectivity index (χ1v) is 7.56. The molecule has 1 heterocycles. The van der Waals surface area contributed by atoms with E-state index in [0.29, 0.717) is 17.1 Å². The second-order valence-corrected chi connectivity index (χ2v) is 6.03. The van der Waals surface area contributed by atoms with Crippen molar-refractivity contribution in [3.05, 3.63) is 53.1 Å². The van der Waals surface area contributed by atoms with Gasteiger partial charge in [-0.05, 0) is 44.4 Å². The van der Waals surface area contributed by atoms with Gasteiger partial charge in [0.25, 0.3) is 5.91 Å². The summed E-state index contributed by atoms with van der Waals surface area (Å²) in [6.07, 6.45) is 0. The Bertz CT molecular complexity index is 715. The van der Waals surface area contributed by atoms with E-state index in [1.54, 1.807) is 0 Å². The Balaban J connectivity index is 2.10. The van der Waals surface area contributed by atoms with Gasteiger partial charge in [-0.2, -0.15) is 0 Å². The SMILES string of the molecule is CN(C)CCN1C(=O)c2ccccc2Nc2cc(Cl)ccc21. The number of amides is 1. The molecule has 0 aliphatic carbocycles. The fourth-order valence-electron chi connectivity index (χ4n) is 2.54. The highest BCUT2D eigenvalue weighted by Gasteiger charge is 2.26. The number of hydrogen-bond donors (Lipinski definition) is 1. The Morgan fingerprint density at radius 2 is 1.91 bits per heavy atom. The molecule has 1 amide bonds. The molecular weight excluding hydrogens is 298 g/mol. The van der Waals surface area contributed by atoms with E-state index < -0.39 is 0 Å². The van der Waals surface area contributed by atoms with Crippen molar-refractivity contribution in [3.63, 3.8) is 0 Å². The Kier molecular flexibility index (Phi) is 4.05. The van der Waals surface area contributed by atoms with Gasteiger partial charge in [-0.25, -0.2) is 0 Å². The van der Waals surface area contributed by atoms with Crippen molar-refractivity contribution in [1.82, 2.24) is 4.90 Å². The van der Waals surface area contributed by atoms with Crippen LogP contribution in [0, 0.1) is 0 Å². The van der Waals surface area contributed by atoms with Crippen molar-refractivity contribution in [2.75, 3.05) is 37.4 Å². The molecule has 114 valence electrons. The molecule has 22 heavy (non-hydrogen) atoms. The monoisotopic (exact) mass is 315 g/mol. The molecule has 2 aromatic rings. The van der Waals surface area contributed by atoms with Crippen LogP contribution in [0.25, 0.3) is 0 Å². The molecule has 0 radical (unpaired) electrons. The molecule has 0 saturated carbocycles. The van der Waals surface area contributed by atoms with Gasteiger partial charge >= 0.3 is 0 Å². The average molecular weight is 316 g/mol. The van der Waals surface area contributed by atoms with Crippen molar-refractivity contribution < 1.29 is 4.79 Å². The van der Waals surface area contributed by atoms with E-state index in [4.69, 9.17) is 11.6 Å². The molecule has 1 aliphatic rings. The lowest BCUT2D eigenvalue weighted by atomic mass is 10.1. The van der Waals surface area contributed by atoms with Crippen molar-refractivity contribution >= 4 is 34.6 Å². The molecule has 0 bridgehead atoms. The van der Waals surface area contributed by atoms with Gasteiger partial charge in [-0.3, -0.25) is 4.79 Å². The minimum atomic E-state index is 0.00558. The number of para-hydroxylation sites is 1. The second-order valence-electron chi connectivity index (χ2n) is 5.59. The maximum absolute atomic E-state index is 12.9. The summed E-state index contributed by atoms with van der Waals surface area (Å²) in [4.78, 5) is 16.8. The van der Waals surface area contributed by atoms with Crippen LogP contribution in [-0.4, -0.2) is 38.0 Å². The number of nitrogens with one attached hydrogen (secondary N) is 1. The van der Waals surface area contributed by atoms with Crippen molar-refractivity contribution in [2.45, 2.75) is 0 Å². The number of anilines is 3. The summed E-state index contributed by atoms with van der Waals surface area (Å²) in [5.74, 6) is 0.00558. The number of carbonyl (C=O) groups is 1. The zero-order chi connectivity index (χ0) is 15.7. The highest BCUT2D eigenvalue weighted by Crippen LogP contribution is 2.37. The Morgan fingerprint density at radius 1 is 1.14 bits per heavy atom. The molecule has 1 N–H and O–H groups in total. The van der Waals surface area contributed by atoms with Gasteiger partial charge in [0, 0.05) is 18.1 Å². The average Bonchev–Trinajstić information content (AvgIpc) is 2.59. The number of fused-ring (bicyclic) bond motifs is 2. The van der Waals surface area contributed by atoms with E-state index in [-0.39, 0.29) is 5.91 Å². The third-order valence-corrected chi connectivity index (χ3v) is 3.93. The lowest BCUT2D eigenvalue weighted by Gasteiger charge is -2.24. The van der Waals surface area contributed by atoms with Crippen LogP contribution in [0.2, 0.25) is 5.02 Å². The topological polar surface area (TPSA) is 35.6 Å². The summed E-state index contributed by atoms with van der Waals surface area (Å²) in [6, 6.07) is 13.1. The summed E-state index contributed by atoms with van der Waals surface area (Å²) in [5, 5.41) is 3.98. The van der Waals surface area contributed by atoms with E-state index in [1.165, 1.54) is 0 Å². The zero-order valence-electron chi connectivity index (χ0n) is 12.6. The van der Waals surface area contributed by atoms with Crippen LogP contribution in [0.15, 0.2) is 42.5 Å². The first-order valence-electron chi connectivity index (χ1n) is 7.18. The molecule has 0 aromatic heterocycles. The predicted molar refractivity (Wildman–Crippen MR) is 91.4 cm³/mol. The number of benzene rings is 2. The van der Waals surface area contributed by atoms with E-state index in [2.05, 4.69) is 10.2 Å². The number of likely N-dealkylation sites (N-methyl/N-ethyl adjacent to an activating group) is 1. The number of carbonyl (C=O) groups excluding carboxylic acids is 1. The highest BCUT2D eigenvalue weighted by molar-refractivity contribution is 6.31. The number of rotatable bonds is 3. The summed E-state index contributed by atoms with van der Waals surface area (Å²) in [5.41, 5.74) is 3.19. The number of hydrogen-bond acceptors (Lipinski definition) is 3. The van der Waals surface area contributed by atoms with Crippen LogP contribution in [0.3, 0.4) is 0 Å². The van der Waals surface area contributed by atoms with Crippen LogP contribution in [-0.2, 0) is 0 Å². The molecule has 0 saturated heterocycles. The molecule has 2 aromatic carbocycles. The summed E-state index contributed by atoms with van der Waals surface area (Å²) in [7, 11) is 3.99. The van der Waals surface area contributed by atoms with Gasteiger partial charge in [0.15, 0.2) is 0 Å². The maximum Gasteiger partial charge on any atom is 0.260 e. The minimum absolute atomic E-state index is 0.00558. The Labute approximate surface area is 135 Å². The van der Waals surface area contributed by atoms with E-state index >= 15 is 0 Å². The van der Waals surface area contributed by atoms with Gasteiger partial charge in [-0.15, -0.1) is 0 Å². The summed E-state index contributed by atoms with van der Waals surface area (Å²) < 4.78 is 0. The molecule has 0 spiro atoms. The maximum atomic E-state index is 12.9. The van der Waals surface area contributed by atoms with Gasteiger partial charge in [0.05, 0.1) is 22.6 Å². The molecule has 1 aliphatic heterocycles. The van der Waals surface area contributed by atoms with Crippen LogP contribution < -0.4 is 10.2 Å². The fraction of sp³-hybridized carbons (Fsp3) is 0.235. The summed E-state index contributed by atoms with van der Waals surface area (Å²) in [6.45, 7) is 1.41. The largest absolute Gasteiger partial charge is 0.353 e. The molecule has 4 nitrogen and oxygen atoms in total. The number of nitrogens with zero attached hydrogens (tertiary/aromatic N) is 2. The smallest absolute Gasteiger partial charge is 0.260 e. The molecule has 0 unspecified atom stereocenters. The number of halogens is 1. The summed E-state index contributed by atoms with van der Waals surface area (Å²) >= 11 is 6.12. The first-order chi connectivity index (χ1) is 10.6. The van der Waals surface area contributed by atoms with Crippen molar-refractivity contribution in [1.29, 1.82) is 0 Å². The van der Waals surface area contributed by atoms with Gasteiger partial charge in [0.1, 0.15) is 0 Å². The Morgan fingerprint density at radius 3 is 2.68 bits per heavy atom. The standard InChI is InChI=1S/C17H18ClN3O/c1-20(2)9-10-21-16-8-7-12(18)11-15(16)19-14-6-4-3-5-13(14)17(21)22/h3-8,11,19H,9-10H2,1-2H3. The quantitative estimate of drug-likeness (QED) is 0.940. The van der Waals surface area contributed by atoms with Gasteiger partial charge < -0.3 is 15.1 Å². The van der Waals surface area contributed by atoms with Crippen molar-refractivity contribution in [2.24, 2.45) is 0 Å². The van der Waals surface area contributed by atoms with Gasteiger partial charge in [-0.1, -0.05) is 23.7 Å². The van der Waals surface area contributed by atoms with Crippen LogP contribution >= 0.6 is 11.6 Å². The van der Waals surface area contributed by atoms with Crippen LogP contribution in [0.5, 0.6) is 0 Å². The minimum Gasteiger partial charge on any atom is -0.353 e. The molecule has 0 atom stereocenters. The molecule has 0 fully saturated rings. The van der Waals surface area contributed by atoms with E-state index in [1.807, 2.05) is 61.5 Å². The van der Waals surface area contributed by atoms with E-state index in [9.17, 15) is 4.79 Å². The van der Waals surface area contributed by atoms with Crippen LogP contribution in [0.1, 0.15) is 10.4 Å². The zero-order valence-corrected chi connectivity index (χ0v) is 13.4. The highest BCUT2D eigenvalue weighted by atomic mass is 35.5.